The van der Waals surface area contributed by atoms with Gasteiger partial charge in [0.15, 0.2) is 5.65 Å². The molecule has 0 saturated heterocycles. The number of aromatic amines is 1. The van der Waals surface area contributed by atoms with E-state index >= 15 is 0 Å². The molecule has 0 aliphatic carbocycles. The lowest BCUT2D eigenvalue weighted by molar-refractivity contribution is 0.392. The van der Waals surface area contributed by atoms with Crippen LogP contribution in [0.4, 0.5) is 0 Å². The van der Waals surface area contributed by atoms with Crippen LogP contribution in [0.25, 0.3) is 11.3 Å². The molecule has 0 aliphatic heterocycles. The quantitative estimate of drug-likeness (QED) is 0.795. The number of H-pyrrole nitrogens is 1. The van der Waals surface area contributed by atoms with Crippen LogP contribution < -0.4 is 9.47 Å². The second kappa shape index (κ2) is 5.40. The molecule has 0 aliphatic rings. The van der Waals surface area contributed by atoms with Gasteiger partial charge in [-0.1, -0.05) is 12.1 Å². The fraction of sp³-hybridized carbons (Fsp3) is 0.267. The van der Waals surface area contributed by atoms with Gasteiger partial charge in [-0.15, -0.1) is 0 Å². The van der Waals surface area contributed by atoms with Gasteiger partial charge in [0.25, 0.3) is 0 Å². The van der Waals surface area contributed by atoms with Crippen LogP contribution in [0, 0.1) is 6.92 Å². The molecule has 1 N–H and O–H groups in total. The van der Waals surface area contributed by atoms with E-state index in [4.69, 9.17) is 9.47 Å². The van der Waals surface area contributed by atoms with Gasteiger partial charge in [0, 0.05) is 6.42 Å². The van der Waals surface area contributed by atoms with Crippen LogP contribution in [0.3, 0.4) is 0 Å². The van der Waals surface area contributed by atoms with E-state index in [1.807, 2.05) is 31.2 Å². The number of aryl methyl sites for hydroxylation is 1. The van der Waals surface area contributed by atoms with Crippen molar-refractivity contribution in [3.05, 3.63) is 41.3 Å². The molecule has 0 unspecified atom stereocenters. The minimum absolute atomic E-state index is 0.504. The van der Waals surface area contributed by atoms with Gasteiger partial charge in [0.05, 0.1) is 14.2 Å². The van der Waals surface area contributed by atoms with E-state index < -0.39 is 0 Å². The fourth-order valence-corrected chi connectivity index (χ4v) is 2.18. The first-order valence-corrected chi connectivity index (χ1v) is 6.59. The number of benzene rings is 1. The summed E-state index contributed by atoms with van der Waals surface area (Å²) in [5.41, 5.74) is 3.14. The molecule has 0 atom stereocenters. The van der Waals surface area contributed by atoms with E-state index in [1.165, 1.54) is 0 Å². The zero-order chi connectivity index (χ0) is 14.8. The van der Waals surface area contributed by atoms with Gasteiger partial charge in [-0.25, -0.2) is 9.97 Å². The molecule has 0 fully saturated rings. The van der Waals surface area contributed by atoms with Crippen molar-refractivity contribution in [1.82, 2.24) is 19.9 Å². The second-order valence-electron chi connectivity index (χ2n) is 4.70. The largest absolute Gasteiger partial charge is 0.497 e. The molecule has 3 aromatic rings. The summed E-state index contributed by atoms with van der Waals surface area (Å²) < 4.78 is 10.5. The first-order chi connectivity index (χ1) is 10.2. The van der Waals surface area contributed by atoms with Crippen molar-refractivity contribution < 1.29 is 9.47 Å². The number of hydrogen-bond acceptors (Lipinski definition) is 5. The topological polar surface area (TPSA) is 72.9 Å². The Hall–Kier alpha value is -2.63. The van der Waals surface area contributed by atoms with Gasteiger partial charge < -0.3 is 14.5 Å². The molecular weight excluding hydrogens is 268 g/mol. The molecule has 21 heavy (non-hydrogen) atoms. The summed E-state index contributed by atoms with van der Waals surface area (Å²) >= 11 is 0. The van der Waals surface area contributed by atoms with Crippen molar-refractivity contribution in [3.63, 3.8) is 0 Å². The van der Waals surface area contributed by atoms with Crippen molar-refractivity contribution in [1.29, 1.82) is 0 Å². The first-order valence-electron chi connectivity index (χ1n) is 6.59. The number of nitrogens with one attached hydrogen (secondary N) is 1. The zero-order valence-corrected chi connectivity index (χ0v) is 12.2. The molecule has 0 amide bonds. The molecule has 2 heterocycles. The summed E-state index contributed by atoms with van der Waals surface area (Å²) in [5.74, 6) is 2.12. The van der Waals surface area contributed by atoms with Crippen LogP contribution in [-0.2, 0) is 6.42 Å². The van der Waals surface area contributed by atoms with Crippen molar-refractivity contribution in [2.45, 2.75) is 13.3 Å². The standard InChI is InChI=1S/C15H16N4O2/c1-9-16-13-14(17-9)19-15(21-3)12(18-13)8-10-4-6-11(20-2)7-5-10/h4-7H,8H2,1-3H3,(H,16,17,18,19). The number of aromatic nitrogens is 4. The van der Waals surface area contributed by atoms with Crippen molar-refractivity contribution >= 4 is 11.3 Å². The maximum Gasteiger partial charge on any atom is 0.237 e. The predicted octanol–water partition coefficient (Wildman–Crippen LogP) is 2.27. The maximum absolute atomic E-state index is 5.33. The van der Waals surface area contributed by atoms with Gasteiger partial charge >= 0.3 is 0 Å². The van der Waals surface area contributed by atoms with E-state index in [0.29, 0.717) is 23.6 Å². The highest BCUT2D eigenvalue weighted by atomic mass is 16.5. The van der Waals surface area contributed by atoms with Gasteiger partial charge in [-0.3, -0.25) is 0 Å². The normalized spacial score (nSPS) is 10.8. The minimum atomic E-state index is 0.504. The lowest BCUT2D eigenvalue weighted by Gasteiger charge is -2.07. The average molecular weight is 284 g/mol. The number of methoxy groups -OCH3 is 2. The molecule has 1 aromatic carbocycles. The van der Waals surface area contributed by atoms with E-state index in [0.717, 1.165) is 22.8 Å². The summed E-state index contributed by atoms with van der Waals surface area (Å²) in [5, 5.41) is 0. The lowest BCUT2D eigenvalue weighted by Crippen LogP contribution is -2.01. The Morgan fingerprint density at radius 1 is 1.00 bits per heavy atom. The van der Waals surface area contributed by atoms with Gasteiger partial charge in [0.1, 0.15) is 17.3 Å². The van der Waals surface area contributed by atoms with E-state index in [2.05, 4.69) is 19.9 Å². The Morgan fingerprint density at radius 2 is 1.76 bits per heavy atom. The first kappa shape index (κ1) is 13.4. The molecule has 3 rings (SSSR count). The molecule has 6 heteroatoms. The summed E-state index contributed by atoms with van der Waals surface area (Å²) in [4.78, 5) is 16.3. The van der Waals surface area contributed by atoms with Crippen LogP contribution in [0.15, 0.2) is 24.3 Å². The van der Waals surface area contributed by atoms with Gasteiger partial charge in [-0.2, -0.15) is 4.98 Å². The van der Waals surface area contributed by atoms with Crippen molar-refractivity contribution in [2.75, 3.05) is 14.2 Å². The van der Waals surface area contributed by atoms with Crippen molar-refractivity contribution in [3.8, 4) is 11.6 Å². The Kier molecular flexibility index (Phi) is 3.43. The Labute approximate surface area is 122 Å². The fourth-order valence-electron chi connectivity index (χ4n) is 2.18. The summed E-state index contributed by atoms with van der Waals surface area (Å²) in [6, 6.07) is 7.85. The smallest absolute Gasteiger partial charge is 0.237 e. The molecule has 0 bridgehead atoms. The number of rotatable bonds is 4. The Morgan fingerprint density at radius 3 is 2.43 bits per heavy atom. The number of ether oxygens (including phenoxy) is 2. The Bertz CT molecular complexity index is 765. The maximum atomic E-state index is 5.33. The van der Waals surface area contributed by atoms with E-state index in [-0.39, 0.29) is 0 Å². The van der Waals surface area contributed by atoms with Crippen LogP contribution >= 0.6 is 0 Å². The molecular formula is C15H16N4O2. The van der Waals surface area contributed by atoms with E-state index in [1.54, 1.807) is 14.2 Å². The Balaban J connectivity index is 1.97. The number of nitrogens with zero attached hydrogens (tertiary/aromatic N) is 3. The van der Waals surface area contributed by atoms with Crippen molar-refractivity contribution in [2.24, 2.45) is 0 Å². The third-order valence-corrected chi connectivity index (χ3v) is 3.21. The summed E-state index contributed by atoms with van der Waals surface area (Å²) in [7, 11) is 3.24. The summed E-state index contributed by atoms with van der Waals surface area (Å²) in [6.45, 7) is 1.87. The van der Waals surface area contributed by atoms with Crippen LogP contribution in [0.5, 0.6) is 11.6 Å². The van der Waals surface area contributed by atoms with Crippen LogP contribution in [0.1, 0.15) is 17.1 Å². The lowest BCUT2D eigenvalue weighted by atomic mass is 10.1. The number of imidazole rings is 1. The predicted molar refractivity (Wildman–Crippen MR) is 78.8 cm³/mol. The third kappa shape index (κ3) is 2.65. The second-order valence-corrected chi connectivity index (χ2v) is 4.70. The summed E-state index contributed by atoms with van der Waals surface area (Å²) in [6.07, 6.45) is 0.633. The molecule has 108 valence electrons. The number of hydrogen-bond donors (Lipinski definition) is 1. The molecule has 0 spiro atoms. The highest BCUT2D eigenvalue weighted by molar-refractivity contribution is 5.66. The van der Waals surface area contributed by atoms with Crippen LogP contribution in [0.2, 0.25) is 0 Å². The monoisotopic (exact) mass is 284 g/mol. The van der Waals surface area contributed by atoms with Gasteiger partial charge in [-0.05, 0) is 24.6 Å². The minimum Gasteiger partial charge on any atom is -0.497 e. The highest BCUT2D eigenvalue weighted by Gasteiger charge is 2.12. The van der Waals surface area contributed by atoms with Gasteiger partial charge in [0.2, 0.25) is 11.5 Å². The number of fused-ring (bicyclic) bond motifs is 1. The zero-order valence-electron chi connectivity index (χ0n) is 12.2. The average Bonchev–Trinajstić information content (AvgIpc) is 2.86. The molecule has 0 radical (unpaired) electrons. The molecule has 6 nitrogen and oxygen atoms in total. The van der Waals surface area contributed by atoms with E-state index in [9.17, 15) is 0 Å². The van der Waals surface area contributed by atoms with Crippen LogP contribution in [-0.4, -0.2) is 34.2 Å². The highest BCUT2D eigenvalue weighted by Crippen LogP contribution is 2.21. The molecule has 2 aromatic heterocycles. The third-order valence-electron chi connectivity index (χ3n) is 3.21. The SMILES string of the molecule is COc1ccc(Cc2nc3[nH]c(C)nc3nc2OC)cc1. The molecule has 0 saturated carbocycles.